The Morgan fingerprint density at radius 2 is 2.36 bits per heavy atom. The van der Waals surface area contributed by atoms with Gasteiger partial charge in [0.2, 0.25) is 5.91 Å². The van der Waals surface area contributed by atoms with E-state index in [1.165, 1.54) is 0 Å². The van der Waals surface area contributed by atoms with Crippen LogP contribution in [0.3, 0.4) is 0 Å². The Bertz CT molecular complexity index is 151. The summed E-state index contributed by atoms with van der Waals surface area (Å²) in [5.41, 5.74) is 0. The second-order valence-electron chi connectivity index (χ2n) is 2.69. The molecule has 1 aliphatic heterocycles. The maximum absolute atomic E-state index is 11.1. The molecule has 0 bridgehead atoms. The third kappa shape index (κ3) is 2.75. The third-order valence-corrected chi connectivity index (χ3v) is 4.02. The molecule has 0 unspecified atom stereocenters. The number of carbonyl (C=O) groups excluding carboxylic acids is 1. The second kappa shape index (κ2) is 4.45. The van der Waals surface area contributed by atoms with Gasteiger partial charge in [-0.15, -0.1) is 0 Å². The lowest BCUT2D eigenvalue weighted by atomic mass is 10.4. The van der Waals surface area contributed by atoms with Crippen LogP contribution in [-0.4, -0.2) is 34.1 Å². The summed E-state index contributed by atoms with van der Waals surface area (Å²) in [4.78, 5) is 13.4. The van der Waals surface area contributed by atoms with Crippen LogP contribution in [0.25, 0.3) is 0 Å². The number of amides is 1. The number of hydrogen-bond donors (Lipinski definition) is 0. The SMILES string of the molecule is O=C1CCCN1C[C@H](Br)CBr. The largest absolute Gasteiger partial charge is 0.342 e. The Hall–Kier alpha value is 0.430. The van der Waals surface area contributed by atoms with Crippen LogP contribution in [0.4, 0.5) is 0 Å². The molecule has 1 rings (SSSR count). The first kappa shape index (κ1) is 9.52. The van der Waals surface area contributed by atoms with Crippen LogP contribution in [0.2, 0.25) is 0 Å². The summed E-state index contributed by atoms with van der Waals surface area (Å²) in [6, 6.07) is 0. The summed E-state index contributed by atoms with van der Waals surface area (Å²) in [7, 11) is 0. The predicted octanol–water partition coefficient (Wildman–Crippen LogP) is 1.77. The standard InChI is InChI=1S/C7H11Br2NO/c8-4-6(9)5-10-3-1-2-7(10)11/h6H,1-5H2/t6-/m1/s1. The van der Waals surface area contributed by atoms with Gasteiger partial charge in [-0.1, -0.05) is 31.9 Å². The van der Waals surface area contributed by atoms with Crippen molar-refractivity contribution in [2.45, 2.75) is 17.7 Å². The van der Waals surface area contributed by atoms with Gasteiger partial charge >= 0.3 is 0 Å². The fourth-order valence-electron chi connectivity index (χ4n) is 1.18. The maximum atomic E-state index is 11.1. The minimum atomic E-state index is 0.301. The van der Waals surface area contributed by atoms with Gasteiger partial charge in [0.15, 0.2) is 0 Å². The van der Waals surface area contributed by atoms with Crippen LogP contribution in [0.1, 0.15) is 12.8 Å². The first-order valence-electron chi connectivity index (χ1n) is 3.72. The van der Waals surface area contributed by atoms with E-state index in [1.807, 2.05) is 4.90 Å². The van der Waals surface area contributed by atoms with Crippen LogP contribution in [0, 0.1) is 0 Å². The summed E-state index contributed by atoms with van der Waals surface area (Å²) >= 11 is 6.83. The fourth-order valence-corrected chi connectivity index (χ4v) is 1.74. The van der Waals surface area contributed by atoms with E-state index in [-0.39, 0.29) is 0 Å². The molecule has 2 nitrogen and oxygen atoms in total. The number of rotatable bonds is 3. The predicted molar refractivity (Wildman–Crippen MR) is 52.3 cm³/mol. The highest BCUT2D eigenvalue weighted by Crippen LogP contribution is 2.13. The molecule has 0 aliphatic carbocycles. The van der Waals surface area contributed by atoms with Crippen LogP contribution in [-0.2, 0) is 4.79 Å². The summed E-state index contributed by atoms with van der Waals surface area (Å²) < 4.78 is 0. The zero-order chi connectivity index (χ0) is 8.27. The van der Waals surface area contributed by atoms with E-state index in [2.05, 4.69) is 31.9 Å². The smallest absolute Gasteiger partial charge is 0.222 e. The highest BCUT2D eigenvalue weighted by atomic mass is 79.9. The summed E-state index contributed by atoms with van der Waals surface area (Å²) in [5, 5.41) is 0.900. The van der Waals surface area contributed by atoms with Gasteiger partial charge in [-0.05, 0) is 6.42 Å². The van der Waals surface area contributed by atoms with E-state index in [0.717, 1.165) is 31.3 Å². The highest BCUT2D eigenvalue weighted by Gasteiger charge is 2.21. The maximum Gasteiger partial charge on any atom is 0.222 e. The molecule has 1 heterocycles. The van der Waals surface area contributed by atoms with Crippen molar-refractivity contribution in [3.05, 3.63) is 0 Å². The van der Waals surface area contributed by atoms with Gasteiger partial charge in [-0.3, -0.25) is 4.79 Å². The first-order chi connectivity index (χ1) is 5.24. The fraction of sp³-hybridized carbons (Fsp3) is 0.857. The Morgan fingerprint density at radius 1 is 1.64 bits per heavy atom. The third-order valence-electron chi connectivity index (χ3n) is 1.76. The lowest BCUT2D eigenvalue weighted by Crippen LogP contribution is -2.31. The molecule has 1 amide bonds. The van der Waals surface area contributed by atoms with Gasteiger partial charge < -0.3 is 4.90 Å². The molecule has 0 aromatic rings. The topological polar surface area (TPSA) is 20.3 Å². The minimum absolute atomic E-state index is 0.301. The average Bonchev–Trinajstić information content (AvgIpc) is 2.37. The van der Waals surface area contributed by atoms with Crippen molar-refractivity contribution in [2.24, 2.45) is 0 Å². The Kier molecular flexibility index (Phi) is 3.85. The summed E-state index contributed by atoms with van der Waals surface area (Å²) in [5.74, 6) is 0.301. The van der Waals surface area contributed by atoms with E-state index < -0.39 is 0 Å². The molecule has 0 N–H and O–H groups in total. The number of likely N-dealkylation sites (tertiary alicyclic amines) is 1. The van der Waals surface area contributed by atoms with E-state index in [4.69, 9.17) is 0 Å². The molecular formula is C7H11Br2NO. The molecule has 0 aromatic carbocycles. The molecule has 1 saturated heterocycles. The number of alkyl halides is 2. The van der Waals surface area contributed by atoms with Crippen LogP contribution < -0.4 is 0 Å². The van der Waals surface area contributed by atoms with Gasteiger partial charge in [0, 0.05) is 29.7 Å². The van der Waals surface area contributed by atoms with Gasteiger partial charge in [0.05, 0.1) is 0 Å². The van der Waals surface area contributed by atoms with Crippen LogP contribution in [0.5, 0.6) is 0 Å². The quantitative estimate of drug-likeness (QED) is 0.724. The minimum Gasteiger partial charge on any atom is -0.342 e. The van der Waals surface area contributed by atoms with E-state index in [0.29, 0.717) is 10.7 Å². The van der Waals surface area contributed by atoms with Crippen LogP contribution in [0.15, 0.2) is 0 Å². The number of nitrogens with zero attached hydrogens (tertiary/aromatic N) is 1. The van der Waals surface area contributed by atoms with Crippen LogP contribution >= 0.6 is 31.9 Å². The van der Waals surface area contributed by atoms with Gasteiger partial charge in [-0.25, -0.2) is 0 Å². The lowest BCUT2D eigenvalue weighted by Gasteiger charge is -2.17. The zero-order valence-corrected chi connectivity index (χ0v) is 9.40. The molecule has 1 fully saturated rings. The zero-order valence-electron chi connectivity index (χ0n) is 6.22. The van der Waals surface area contributed by atoms with Crippen molar-refractivity contribution in [2.75, 3.05) is 18.4 Å². The molecule has 64 valence electrons. The lowest BCUT2D eigenvalue weighted by molar-refractivity contribution is -0.127. The van der Waals surface area contributed by atoms with Gasteiger partial charge in [0.25, 0.3) is 0 Å². The molecule has 1 atom stereocenters. The Labute approximate surface area is 83.6 Å². The Morgan fingerprint density at radius 3 is 2.82 bits per heavy atom. The monoisotopic (exact) mass is 283 g/mol. The molecule has 0 saturated carbocycles. The van der Waals surface area contributed by atoms with Crippen molar-refractivity contribution in [1.82, 2.24) is 4.90 Å². The molecule has 0 spiro atoms. The van der Waals surface area contributed by atoms with E-state index >= 15 is 0 Å². The molecule has 1 aliphatic rings. The molecule has 0 aromatic heterocycles. The van der Waals surface area contributed by atoms with Crippen molar-refractivity contribution >= 4 is 37.8 Å². The average molecular weight is 285 g/mol. The highest BCUT2D eigenvalue weighted by molar-refractivity contribution is 9.12. The van der Waals surface area contributed by atoms with Crippen molar-refractivity contribution in [3.8, 4) is 0 Å². The number of halogens is 2. The van der Waals surface area contributed by atoms with Crippen molar-refractivity contribution in [1.29, 1.82) is 0 Å². The van der Waals surface area contributed by atoms with Crippen molar-refractivity contribution < 1.29 is 4.79 Å². The second-order valence-corrected chi connectivity index (χ2v) is 4.64. The summed E-state index contributed by atoms with van der Waals surface area (Å²) in [6.45, 7) is 1.78. The number of carbonyl (C=O) groups is 1. The van der Waals surface area contributed by atoms with E-state index in [1.54, 1.807) is 0 Å². The molecular weight excluding hydrogens is 274 g/mol. The molecule has 0 radical (unpaired) electrons. The molecule has 11 heavy (non-hydrogen) atoms. The van der Waals surface area contributed by atoms with E-state index in [9.17, 15) is 4.79 Å². The first-order valence-corrected chi connectivity index (χ1v) is 5.75. The summed E-state index contributed by atoms with van der Waals surface area (Å²) in [6.07, 6.45) is 1.77. The van der Waals surface area contributed by atoms with Crippen molar-refractivity contribution in [3.63, 3.8) is 0 Å². The van der Waals surface area contributed by atoms with Gasteiger partial charge in [0.1, 0.15) is 0 Å². The number of hydrogen-bond acceptors (Lipinski definition) is 1. The normalized spacial score (nSPS) is 20.9. The Balaban J connectivity index is 2.30. The van der Waals surface area contributed by atoms with Gasteiger partial charge in [-0.2, -0.15) is 0 Å². The molecule has 4 heteroatoms.